The van der Waals surface area contributed by atoms with Crippen LogP contribution in [0.1, 0.15) is 19.4 Å². The summed E-state index contributed by atoms with van der Waals surface area (Å²) in [5.41, 5.74) is 1.02. The standard InChI is InChI=1S/C15H25NO4/c1-11(2)20-7-6-16(3)10-12-8-13(18-4)15(17)14(9-12)19-5/h8-9,11,17H,6-7,10H2,1-5H3. The Morgan fingerprint density at radius 1 is 1.15 bits per heavy atom. The first-order valence-electron chi connectivity index (χ1n) is 6.72. The summed E-state index contributed by atoms with van der Waals surface area (Å²) in [5, 5.41) is 9.87. The van der Waals surface area contributed by atoms with E-state index in [1.54, 1.807) is 0 Å². The Balaban J connectivity index is 2.67. The molecule has 0 spiro atoms. The minimum Gasteiger partial charge on any atom is -0.502 e. The molecule has 0 saturated heterocycles. The molecule has 0 heterocycles. The van der Waals surface area contributed by atoms with Crippen LogP contribution in [0, 0.1) is 0 Å². The lowest BCUT2D eigenvalue weighted by atomic mass is 10.1. The van der Waals surface area contributed by atoms with E-state index in [1.165, 1.54) is 14.2 Å². The number of hydrogen-bond donors (Lipinski definition) is 1. The van der Waals surface area contributed by atoms with E-state index >= 15 is 0 Å². The molecule has 0 unspecified atom stereocenters. The van der Waals surface area contributed by atoms with Crippen LogP contribution >= 0.6 is 0 Å². The van der Waals surface area contributed by atoms with Gasteiger partial charge in [-0.25, -0.2) is 0 Å². The average molecular weight is 283 g/mol. The second-order valence-electron chi connectivity index (χ2n) is 5.01. The van der Waals surface area contributed by atoms with Crippen LogP contribution in [-0.2, 0) is 11.3 Å². The SMILES string of the molecule is COc1cc(CN(C)CCOC(C)C)cc(OC)c1O. The van der Waals surface area contributed by atoms with Crippen molar-refractivity contribution >= 4 is 0 Å². The summed E-state index contributed by atoms with van der Waals surface area (Å²) in [6.45, 7) is 6.31. The van der Waals surface area contributed by atoms with Gasteiger partial charge in [0.05, 0.1) is 26.9 Å². The number of ether oxygens (including phenoxy) is 3. The van der Waals surface area contributed by atoms with Crippen molar-refractivity contribution in [2.24, 2.45) is 0 Å². The number of likely N-dealkylation sites (N-methyl/N-ethyl adjacent to an activating group) is 1. The van der Waals surface area contributed by atoms with Gasteiger partial charge in [-0.15, -0.1) is 0 Å². The number of methoxy groups -OCH3 is 2. The topological polar surface area (TPSA) is 51.2 Å². The molecular weight excluding hydrogens is 258 g/mol. The molecule has 0 aliphatic heterocycles. The van der Waals surface area contributed by atoms with Crippen molar-refractivity contribution in [2.75, 3.05) is 34.4 Å². The number of benzene rings is 1. The fourth-order valence-corrected chi connectivity index (χ4v) is 1.87. The van der Waals surface area contributed by atoms with Gasteiger partial charge in [-0.2, -0.15) is 0 Å². The number of nitrogens with zero attached hydrogens (tertiary/aromatic N) is 1. The molecule has 0 atom stereocenters. The number of rotatable bonds is 8. The van der Waals surface area contributed by atoms with Crippen molar-refractivity contribution in [1.82, 2.24) is 4.90 Å². The van der Waals surface area contributed by atoms with Crippen molar-refractivity contribution in [2.45, 2.75) is 26.5 Å². The van der Waals surface area contributed by atoms with E-state index < -0.39 is 0 Å². The van der Waals surface area contributed by atoms with Crippen LogP contribution in [-0.4, -0.2) is 50.5 Å². The van der Waals surface area contributed by atoms with Gasteiger partial charge >= 0.3 is 0 Å². The fraction of sp³-hybridized carbons (Fsp3) is 0.600. The van der Waals surface area contributed by atoms with Crippen LogP contribution in [0.15, 0.2) is 12.1 Å². The predicted octanol–water partition coefficient (Wildman–Crippen LogP) is 2.27. The Morgan fingerprint density at radius 2 is 1.70 bits per heavy atom. The van der Waals surface area contributed by atoms with Crippen LogP contribution < -0.4 is 9.47 Å². The molecule has 114 valence electrons. The highest BCUT2D eigenvalue weighted by atomic mass is 16.5. The third-order valence-corrected chi connectivity index (χ3v) is 2.92. The van der Waals surface area contributed by atoms with Gasteiger partial charge in [0.25, 0.3) is 0 Å². The first-order valence-corrected chi connectivity index (χ1v) is 6.72. The lowest BCUT2D eigenvalue weighted by Gasteiger charge is -2.19. The Morgan fingerprint density at radius 3 is 2.15 bits per heavy atom. The van der Waals surface area contributed by atoms with Crippen molar-refractivity contribution < 1.29 is 19.3 Å². The molecular formula is C15H25NO4. The second-order valence-corrected chi connectivity index (χ2v) is 5.01. The number of hydrogen-bond acceptors (Lipinski definition) is 5. The number of phenolic OH excluding ortho intramolecular Hbond substituents is 1. The maximum Gasteiger partial charge on any atom is 0.200 e. The van der Waals surface area contributed by atoms with Gasteiger partial charge < -0.3 is 19.3 Å². The Bertz CT molecular complexity index is 395. The fourth-order valence-electron chi connectivity index (χ4n) is 1.87. The summed E-state index contributed by atoms with van der Waals surface area (Å²) in [5.74, 6) is 0.877. The van der Waals surface area contributed by atoms with Crippen LogP contribution in [0.3, 0.4) is 0 Å². The molecule has 0 aromatic heterocycles. The summed E-state index contributed by atoms with van der Waals surface area (Å²) in [6, 6.07) is 3.63. The van der Waals surface area contributed by atoms with Crippen molar-refractivity contribution in [3.8, 4) is 17.2 Å². The molecule has 1 aromatic rings. The highest BCUT2D eigenvalue weighted by Crippen LogP contribution is 2.37. The molecule has 0 aliphatic rings. The molecule has 1 aromatic carbocycles. The Hall–Kier alpha value is -1.46. The van der Waals surface area contributed by atoms with Gasteiger partial charge in [0.15, 0.2) is 11.5 Å². The molecule has 5 nitrogen and oxygen atoms in total. The van der Waals surface area contributed by atoms with Crippen molar-refractivity contribution in [1.29, 1.82) is 0 Å². The van der Waals surface area contributed by atoms with E-state index in [-0.39, 0.29) is 11.9 Å². The van der Waals surface area contributed by atoms with E-state index in [0.29, 0.717) is 18.1 Å². The molecule has 1 rings (SSSR count). The average Bonchev–Trinajstić information content (AvgIpc) is 2.40. The van der Waals surface area contributed by atoms with Gasteiger partial charge in [0.1, 0.15) is 0 Å². The zero-order valence-electron chi connectivity index (χ0n) is 13.0. The maximum absolute atomic E-state index is 9.87. The van der Waals surface area contributed by atoms with E-state index in [2.05, 4.69) is 4.90 Å². The molecule has 0 amide bonds. The summed E-state index contributed by atoms with van der Waals surface area (Å²) in [6.07, 6.45) is 0.247. The van der Waals surface area contributed by atoms with Gasteiger partial charge in [-0.05, 0) is 38.6 Å². The molecule has 20 heavy (non-hydrogen) atoms. The van der Waals surface area contributed by atoms with Crippen molar-refractivity contribution in [3.05, 3.63) is 17.7 Å². The highest BCUT2D eigenvalue weighted by molar-refractivity contribution is 5.52. The van der Waals surface area contributed by atoms with Gasteiger partial charge in [0.2, 0.25) is 5.75 Å². The smallest absolute Gasteiger partial charge is 0.200 e. The van der Waals surface area contributed by atoms with E-state index in [4.69, 9.17) is 14.2 Å². The first kappa shape index (κ1) is 16.6. The molecule has 0 bridgehead atoms. The van der Waals surface area contributed by atoms with E-state index in [9.17, 15) is 5.11 Å². The van der Waals surface area contributed by atoms with Gasteiger partial charge in [-0.1, -0.05) is 0 Å². The van der Waals surface area contributed by atoms with E-state index in [0.717, 1.165) is 18.7 Å². The minimum absolute atomic E-state index is 0.0320. The summed E-state index contributed by atoms with van der Waals surface area (Å²) in [7, 11) is 5.08. The normalized spacial score (nSPS) is 11.2. The molecule has 1 N–H and O–H groups in total. The molecule has 0 saturated carbocycles. The van der Waals surface area contributed by atoms with Gasteiger partial charge in [-0.3, -0.25) is 4.90 Å². The minimum atomic E-state index is 0.0320. The monoisotopic (exact) mass is 283 g/mol. The second kappa shape index (κ2) is 7.97. The zero-order chi connectivity index (χ0) is 15.1. The van der Waals surface area contributed by atoms with Crippen LogP contribution in [0.2, 0.25) is 0 Å². The molecule has 5 heteroatoms. The van der Waals surface area contributed by atoms with Crippen molar-refractivity contribution in [3.63, 3.8) is 0 Å². The molecule has 0 fully saturated rings. The lowest BCUT2D eigenvalue weighted by Crippen LogP contribution is -2.24. The number of aromatic hydroxyl groups is 1. The third-order valence-electron chi connectivity index (χ3n) is 2.92. The van der Waals surface area contributed by atoms with E-state index in [1.807, 2.05) is 33.0 Å². The largest absolute Gasteiger partial charge is 0.502 e. The van der Waals surface area contributed by atoms with Crippen LogP contribution in [0.5, 0.6) is 17.2 Å². The molecule has 0 aliphatic carbocycles. The predicted molar refractivity (Wildman–Crippen MR) is 78.6 cm³/mol. The lowest BCUT2D eigenvalue weighted by molar-refractivity contribution is 0.0627. The Kier molecular flexibility index (Phi) is 6.61. The quantitative estimate of drug-likeness (QED) is 0.793. The number of phenols is 1. The summed E-state index contributed by atoms with van der Waals surface area (Å²) < 4.78 is 15.8. The van der Waals surface area contributed by atoms with Gasteiger partial charge in [0, 0.05) is 13.1 Å². The summed E-state index contributed by atoms with van der Waals surface area (Å²) >= 11 is 0. The third kappa shape index (κ3) is 4.90. The van der Waals surface area contributed by atoms with Crippen LogP contribution in [0.4, 0.5) is 0 Å². The molecule has 0 radical (unpaired) electrons. The first-order chi connectivity index (χ1) is 9.47. The Labute approximate surface area is 121 Å². The zero-order valence-corrected chi connectivity index (χ0v) is 13.0. The highest BCUT2D eigenvalue weighted by Gasteiger charge is 2.12. The maximum atomic E-state index is 9.87. The van der Waals surface area contributed by atoms with Crippen LogP contribution in [0.25, 0.3) is 0 Å². The summed E-state index contributed by atoms with van der Waals surface area (Å²) in [4.78, 5) is 2.15.